The van der Waals surface area contributed by atoms with Gasteiger partial charge in [-0.25, -0.2) is 0 Å². The number of nitrogens with zero attached hydrogens (tertiary/aromatic N) is 3. The number of amides is 1. The number of methoxy groups -OCH3 is 1. The van der Waals surface area contributed by atoms with Gasteiger partial charge in [-0.1, -0.05) is 30.3 Å². The number of H-pyrrole nitrogens is 2. The van der Waals surface area contributed by atoms with E-state index in [4.69, 9.17) is 4.74 Å². The van der Waals surface area contributed by atoms with Crippen molar-refractivity contribution in [1.29, 1.82) is 0 Å². The number of aromatic amines is 2. The van der Waals surface area contributed by atoms with E-state index in [-0.39, 0.29) is 17.3 Å². The molecule has 134 valence electrons. The molecule has 2 heterocycles. The van der Waals surface area contributed by atoms with Crippen molar-refractivity contribution < 1.29 is 14.6 Å². The Kier molecular flexibility index (Phi) is 4.13. The SMILES string of the molecule is COc1cccc(-c2cc(C(=O)N=Nc3c(O)[nH]c4ccccc34)[nH]n2)c1. The molecule has 4 rings (SSSR count). The van der Waals surface area contributed by atoms with E-state index in [9.17, 15) is 9.90 Å². The Balaban J connectivity index is 1.59. The largest absolute Gasteiger partial charge is 0.497 e. The second-order valence-corrected chi connectivity index (χ2v) is 5.77. The van der Waals surface area contributed by atoms with E-state index in [1.165, 1.54) is 0 Å². The highest BCUT2D eigenvalue weighted by Gasteiger charge is 2.13. The molecule has 4 aromatic rings. The number of hydrogen-bond donors (Lipinski definition) is 3. The van der Waals surface area contributed by atoms with Crippen LogP contribution in [0, 0.1) is 0 Å². The topological polar surface area (TPSA) is 116 Å². The molecular formula is C19H15N5O3. The lowest BCUT2D eigenvalue weighted by Gasteiger charge is -2.00. The minimum absolute atomic E-state index is 0.144. The van der Waals surface area contributed by atoms with Crippen molar-refractivity contribution in [3.8, 4) is 22.9 Å². The molecule has 0 aliphatic carbocycles. The zero-order valence-corrected chi connectivity index (χ0v) is 14.3. The highest BCUT2D eigenvalue weighted by atomic mass is 16.5. The number of nitrogens with one attached hydrogen (secondary N) is 2. The normalized spacial score (nSPS) is 11.3. The summed E-state index contributed by atoms with van der Waals surface area (Å²) in [7, 11) is 1.58. The van der Waals surface area contributed by atoms with Gasteiger partial charge in [0.1, 0.15) is 11.4 Å². The smallest absolute Gasteiger partial charge is 0.313 e. The van der Waals surface area contributed by atoms with Gasteiger partial charge in [-0.15, -0.1) is 10.2 Å². The molecule has 0 spiro atoms. The summed E-state index contributed by atoms with van der Waals surface area (Å²) in [6, 6.07) is 16.1. The van der Waals surface area contributed by atoms with E-state index in [1.54, 1.807) is 25.3 Å². The van der Waals surface area contributed by atoms with Crippen molar-refractivity contribution in [2.45, 2.75) is 0 Å². The summed E-state index contributed by atoms with van der Waals surface area (Å²) >= 11 is 0. The highest BCUT2D eigenvalue weighted by molar-refractivity contribution is 5.96. The van der Waals surface area contributed by atoms with Gasteiger partial charge in [0.05, 0.1) is 18.3 Å². The molecule has 8 heteroatoms. The van der Waals surface area contributed by atoms with Crippen LogP contribution in [-0.2, 0) is 0 Å². The van der Waals surface area contributed by atoms with Gasteiger partial charge >= 0.3 is 5.91 Å². The Bertz CT molecular complexity index is 1160. The summed E-state index contributed by atoms with van der Waals surface area (Å²) < 4.78 is 5.19. The molecule has 0 aliphatic heterocycles. The molecule has 0 radical (unpaired) electrons. The van der Waals surface area contributed by atoms with E-state index in [1.807, 2.05) is 36.4 Å². The molecule has 0 unspecified atom stereocenters. The number of fused-ring (bicyclic) bond motifs is 1. The molecule has 0 bridgehead atoms. The number of azo groups is 1. The summed E-state index contributed by atoms with van der Waals surface area (Å²) in [5, 5.41) is 25.0. The molecule has 1 amide bonds. The Labute approximate surface area is 153 Å². The van der Waals surface area contributed by atoms with E-state index in [0.717, 1.165) is 5.56 Å². The van der Waals surface area contributed by atoms with Crippen molar-refractivity contribution in [3.63, 3.8) is 0 Å². The maximum Gasteiger partial charge on any atom is 0.313 e. The third-order valence-electron chi connectivity index (χ3n) is 4.07. The van der Waals surface area contributed by atoms with Crippen molar-refractivity contribution in [2.24, 2.45) is 10.2 Å². The molecule has 0 fully saturated rings. The summed E-state index contributed by atoms with van der Waals surface area (Å²) in [6.07, 6.45) is 0. The van der Waals surface area contributed by atoms with Gasteiger partial charge in [0.15, 0.2) is 5.69 Å². The lowest BCUT2D eigenvalue weighted by Crippen LogP contribution is -1.93. The van der Waals surface area contributed by atoms with Crippen LogP contribution in [0.3, 0.4) is 0 Å². The monoisotopic (exact) mass is 361 g/mol. The average molecular weight is 361 g/mol. The maximum atomic E-state index is 12.3. The fraction of sp³-hybridized carbons (Fsp3) is 0.0526. The molecule has 2 aromatic carbocycles. The van der Waals surface area contributed by atoms with E-state index in [0.29, 0.717) is 22.3 Å². The molecule has 0 aliphatic rings. The first kappa shape index (κ1) is 16.5. The number of carbonyl (C=O) groups excluding carboxylic acids is 1. The molecular weight excluding hydrogens is 346 g/mol. The molecule has 8 nitrogen and oxygen atoms in total. The predicted octanol–water partition coefficient (Wildman–Crippen LogP) is 4.20. The minimum atomic E-state index is -0.596. The number of aromatic nitrogens is 3. The Morgan fingerprint density at radius 1 is 1.15 bits per heavy atom. The van der Waals surface area contributed by atoms with Crippen molar-refractivity contribution >= 4 is 22.5 Å². The van der Waals surface area contributed by atoms with Crippen molar-refractivity contribution in [2.75, 3.05) is 7.11 Å². The van der Waals surface area contributed by atoms with E-state index >= 15 is 0 Å². The van der Waals surface area contributed by atoms with E-state index in [2.05, 4.69) is 25.4 Å². The van der Waals surface area contributed by atoms with Gasteiger partial charge in [-0.05, 0) is 24.3 Å². The number of aromatic hydroxyl groups is 1. The van der Waals surface area contributed by atoms with Gasteiger partial charge in [-0.2, -0.15) is 5.10 Å². The first-order valence-corrected chi connectivity index (χ1v) is 8.11. The zero-order valence-electron chi connectivity index (χ0n) is 14.3. The first-order valence-electron chi connectivity index (χ1n) is 8.11. The molecule has 0 saturated carbocycles. The number of hydrogen-bond acceptors (Lipinski definition) is 5. The van der Waals surface area contributed by atoms with Gasteiger partial charge < -0.3 is 14.8 Å². The van der Waals surface area contributed by atoms with Crippen LogP contribution < -0.4 is 4.74 Å². The lowest BCUT2D eigenvalue weighted by molar-refractivity contribution is 0.0990. The summed E-state index contributed by atoms with van der Waals surface area (Å²) in [5.74, 6) is -0.0476. The molecule has 3 N–H and O–H groups in total. The summed E-state index contributed by atoms with van der Waals surface area (Å²) in [4.78, 5) is 15.1. The number of benzene rings is 2. The van der Waals surface area contributed by atoms with Crippen molar-refractivity contribution in [1.82, 2.24) is 15.2 Å². The first-order chi connectivity index (χ1) is 13.2. The zero-order chi connectivity index (χ0) is 18.8. The number of ether oxygens (including phenoxy) is 1. The van der Waals surface area contributed by atoms with Crippen LogP contribution in [0.4, 0.5) is 5.69 Å². The fourth-order valence-electron chi connectivity index (χ4n) is 2.73. The molecule has 0 atom stereocenters. The number of para-hydroxylation sites is 1. The van der Waals surface area contributed by atoms with Crippen LogP contribution in [0.2, 0.25) is 0 Å². The van der Waals surface area contributed by atoms with Gasteiger partial charge in [-0.3, -0.25) is 9.89 Å². The molecule has 27 heavy (non-hydrogen) atoms. The van der Waals surface area contributed by atoms with Gasteiger partial charge in [0.2, 0.25) is 5.88 Å². The van der Waals surface area contributed by atoms with Crippen LogP contribution in [0.1, 0.15) is 10.5 Å². The second-order valence-electron chi connectivity index (χ2n) is 5.77. The Morgan fingerprint density at radius 2 is 2.00 bits per heavy atom. The van der Waals surface area contributed by atoms with Crippen molar-refractivity contribution in [3.05, 3.63) is 60.3 Å². The molecule has 2 aromatic heterocycles. The maximum absolute atomic E-state index is 12.3. The third-order valence-corrected chi connectivity index (χ3v) is 4.07. The summed E-state index contributed by atoms with van der Waals surface area (Å²) in [6.45, 7) is 0. The Hall–Kier alpha value is -3.94. The van der Waals surface area contributed by atoms with E-state index < -0.39 is 5.91 Å². The predicted molar refractivity (Wildman–Crippen MR) is 99.4 cm³/mol. The van der Waals surface area contributed by atoms with Crippen LogP contribution >= 0.6 is 0 Å². The fourth-order valence-corrected chi connectivity index (χ4v) is 2.73. The number of carbonyl (C=O) groups is 1. The quantitative estimate of drug-likeness (QED) is 0.472. The minimum Gasteiger partial charge on any atom is -0.497 e. The second kappa shape index (κ2) is 6.75. The van der Waals surface area contributed by atoms with Crippen LogP contribution in [0.15, 0.2) is 64.8 Å². The lowest BCUT2D eigenvalue weighted by atomic mass is 10.1. The van der Waals surface area contributed by atoms with Crippen LogP contribution in [0.5, 0.6) is 11.6 Å². The number of rotatable bonds is 4. The standard InChI is InChI=1S/C19H15N5O3/c1-27-12-6-4-5-11(9-12)15-10-16(22-21-15)18(25)24-23-17-13-7-2-3-8-14(13)20-19(17)26/h2-10,20,26H,1H3,(H,21,22). The third kappa shape index (κ3) is 3.15. The van der Waals surface area contributed by atoms with Crippen LogP contribution in [0.25, 0.3) is 22.2 Å². The molecule has 0 saturated heterocycles. The summed E-state index contributed by atoms with van der Waals surface area (Å²) in [5.41, 5.74) is 2.50. The average Bonchev–Trinajstić information content (AvgIpc) is 3.31. The Morgan fingerprint density at radius 3 is 2.85 bits per heavy atom. The van der Waals surface area contributed by atoms with Crippen LogP contribution in [-0.4, -0.2) is 33.3 Å². The highest BCUT2D eigenvalue weighted by Crippen LogP contribution is 2.35. The van der Waals surface area contributed by atoms with Gasteiger partial charge in [0, 0.05) is 10.9 Å². The van der Waals surface area contributed by atoms with Gasteiger partial charge in [0.25, 0.3) is 0 Å².